The number of H-pyrrole nitrogens is 1. The van der Waals surface area contributed by atoms with E-state index in [1.165, 1.54) is 25.3 Å². The number of aromatic nitrogens is 3. The molecule has 0 atom stereocenters. The van der Waals surface area contributed by atoms with Crippen LogP contribution in [0.4, 0.5) is 11.6 Å². The van der Waals surface area contributed by atoms with E-state index in [4.69, 9.17) is 4.42 Å². The second-order valence-corrected chi connectivity index (χ2v) is 4.97. The Bertz CT molecular complexity index is 1010. The summed E-state index contributed by atoms with van der Waals surface area (Å²) in [5, 5.41) is 22.1. The summed E-state index contributed by atoms with van der Waals surface area (Å²) in [5.74, 6) is 0.974. The zero-order valence-electron chi connectivity index (χ0n) is 13.0. The molecule has 1 aromatic carbocycles. The van der Waals surface area contributed by atoms with E-state index in [-0.39, 0.29) is 22.9 Å². The smallest absolute Gasteiger partial charge is 0.274 e. The number of anilines is 1. The molecular formula is C15H12N6O4. The molecule has 10 heteroatoms. The molecule has 2 aromatic heterocycles. The molecule has 0 bridgehead atoms. The van der Waals surface area contributed by atoms with Crippen LogP contribution in [0.25, 0.3) is 11.3 Å². The van der Waals surface area contributed by atoms with E-state index in [0.29, 0.717) is 17.1 Å². The number of hydrogen-bond donors (Lipinski definition) is 2. The first-order chi connectivity index (χ1) is 12.0. The first-order valence-corrected chi connectivity index (χ1v) is 7.10. The lowest BCUT2D eigenvalue weighted by Crippen LogP contribution is -2.15. The number of aryl methyl sites for hydroxylation is 1. The van der Waals surface area contributed by atoms with Crippen molar-refractivity contribution in [3.05, 3.63) is 68.3 Å². The maximum atomic E-state index is 11.4. The molecule has 126 valence electrons. The molecule has 0 radical (unpaired) electrons. The molecule has 0 aliphatic carbocycles. The Morgan fingerprint density at radius 2 is 2.16 bits per heavy atom. The molecule has 0 spiro atoms. The van der Waals surface area contributed by atoms with E-state index in [9.17, 15) is 14.9 Å². The number of nitro benzene ring substituents is 1. The van der Waals surface area contributed by atoms with Gasteiger partial charge in [0.15, 0.2) is 0 Å². The van der Waals surface area contributed by atoms with Gasteiger partial charge in [0.2, 0.25) is 5.95 Å². The lowest BCUT2D eigenvalue weighted by Gasteiger charge is -1.98. The molecule has 2 N–H and O–H groups in total. The van der Waals surface area contributed by atoms with Crippen LogP contribution in [0.5, 0.6) is 0 Å². The maximum Gasteiger partial charge on any atom is 0.274 e. The van der Waals surface area contributed by atoms with Gasteiger partial charge in [-0.1, -0.05) is 12.1 Å². The molecule has 3 aromatic rings. The minimum atomic E-state index is -0.470. The van der Waals surface area contributed by atoms with Gasteiger partial charge in [0.25, 0.3) is 11.2 Å². The van der Waals surface area contributed by atoms with Gasteiger partial charge in [-0.05, 0) is 19.1 Å². The Balaban J connectivity index is 1.73. The molecular weight excluding hydrogens is 328 g/mol. The Labute approximate surface area is 140 Å². The maximum absolute atomic E-state index is 11.4. The minimum absolute atomic E-state index is 0.0207. The largest absolute Gasteiger partial charge is 0.455 e. The highest BCUT2D eigenvalue weighted by atomic mass is 16.6. The third kappa shape index (κ3) is 3.75. The van der Waals surface area contributed by atoms with Gasteiger partial charge in [-0.2, -0.15) is 5.10 Å². The standard InChI is InChI=1S/C15H12N6O4/c1-9-14(22)17-15(20-18-9)19-16-8-12-5-6-13(25-12)10-3-2-4-11(7-10)21(23)24/h2-8H,1H3,(H2,17,19,20,22)/b16-8-. The van der Waals surface area contributed by atoms with Crippen molar-refractivity contribution in [1.82, 2.24) is 15.2 Å². The lowest BCUT2D eigenvalue weighted by atomic mass is 10.1. The number of hydrazone groups is 1. The summed E-state index contributed by atoms with van der Waals surface area (Å²) in [4.78, 5) is 24.2. The Kier molecular flexibility index (Phi) is 4.33. The van der Waals surface area contributed by atoms with Gasteiger partial charge in [-0.15, -0.1) is 10.2 Å². The fourth-order valence-corrected chi connectivity index (χ4v) is 1.95. The van der Waals surface area contributed by atoms with Crippen LogP contribution < -0.4 is 11.0 Å². The van der Waals surface area contributed by atoms with Crippen LogP contribution in [-0.4, -0.2) is 26.3 Å². The number of nitrogens with one attached hydrogen (secondary N) is 2. The number of nitro groups is 1. The van der Waals surface area contributed by atoms with E-state index < -0.39 is 4.92 Å². The molecule has 0 saturated carbocycles. The third-order valence-corrected chi connectivity index (χ3v) is 3.19. The first-order valence-electron chi connectivity index (χ1n) is 7.10. The molecule has 3 rings (SSSR count). The number of benzene rings is 1. The van der Waals surface area contributed by atoms with Gasteiger partial charge in [0.1, 0.15) is 17.2 Å². The van der Waals surface area contributed by atoms with Crippen LogP contribution in [0.3, 0.4) is 0 Å². The molecule has 0 saturated heterocycles. The predicted octanol–water partition coefficient (Wildman–Crippen LogP) is 2.09. The number of hydrogen-bond acceptors (Lipinski definition) is 8. The summed E-state index contributed by atoms with van der Waals surface area (Å²) in [6.07, 6.45) is 1.38. The van der Waals surface area contributed by atoms with Crippen molar-refractivity contribution in [2.24, 2.45) is 5.10 Å². The summed E-state index contributed by atoms with van der Waals surface area (Å²) < 4.78 is 5.57. The van der Waals surface area contributed by atoms with Gasteiger partial charge < -0.3 is 4.42 Å². The lowest BCUT2D eigenvalue weighted by molar-refractivity contribution is -0.384. The highest BCUT2D eigenvalue weighted by Crippen LogP contribution is 2.25. The van der Waals surface area contributed by atoms with Crippen LogP contribution in [0.1, 0.15) is 11.5 Å². The average molecular weight is 340 g/mol. The highest BCUT2D eigenvalue weighted by Gasteiger charge is 2.09. The third-order valence-electron chi connectivity index (χ3n) is 3.19. The van der Waals surface area contributed by atoms with E-state index >= 15 is 0 Å². The molecule has 10 nitrogen and oxygen atoms in total. The van der Waals surface area contributed by atoms with E-state index in [1.54, 1.807) is 24.3 Å². The van der Waals surface area contributed by atoms with Crippen molar-refractivity contribution < 1.29 is 9.34 Å². The summed E-state index contributed by atoms with van der Waals surface area (Å²) >= 11 is 0. The monoisotopic (exact) mass is 340 g/mol. The van der Waals surface area contributed by atoms with Crippen LogP contribution in [0, 0.1) is 17.0 Å². The number of nitrogens with zero attached hydrogens (tertiary/aromatic N) is 4. The molecule has 2 heterocycles. The van der Waals surface area contributed by atoms with Crippen molar-refractivity contribution in [1.29, 1.82) is 0 Å². The normalized spacial score (nSPS) is 10.9. The summed E-state index contributed by atoms with van der Waals surface area (Å²) in [6.45, 7) is 1.54. The van der Waals surface area contributed by atoms with Crippen LogP contribution in [-0.2, 0) is 0 Å². The summed E-state index contributed by atoms with van der Waals surface area (Å²) in [7, 11) is 0. The molecule has 0 amide bonds. The molecule has 0 unspecified atom stereocenters. The van der Waals surface area contributed by atoms with Crippen molar-refractivity contribution in [3.8, 4) is 11.3 Å². The Morgan fingerprint density at radius 1 is 1.32 bits per heavy atom. The minimum Gasteiger partial charge on any atom is -0.455 e. The second-order valence-electron chi connectivity index (χ2n) is 4.97. The predicted molar refractivity (Wildman–Crippen MR) is 89.4 cm³/mol. The van der Waals surface area contributed by atoms with E-state index in [2.05, 4.69) is 25.7 Å². The quantitative estimate of drug-likeness (QED) is 0.412. The van der Waals surface area contributed by atoms with Gasteiger partial charge >= 0.3 is 0 Å². The molecule has 0 aliphatic rings. The Hall–Kier alpha value is -3.82. The van der Waals surface area contributed by atoms with Gasteiger partial charge in [-0.25, -0.2) is 5.43 Å². The highest BCUT2D eigenvalue weighted by molar-refractivity contribution is 5.78. The average Bonchev–Trinajstić information content (AvgIpc) is 3.07. The molecule has 25 heavy (non-hydrogen) atoms. The fraction of sp³-hybridized carbons (Fsp3) is 0.0667. The topological polar surface area (TPSA) is 139 Å². The van der Waals surface area contributed by atoms with E-state index in [0.717, 1.165) is 0 Å². The Morgan fingerprint density at radius 3 is 2.92 bits per heavy atom. The fourth-order valence-electron chi connectivity index (χ4n) is 1.95. The molecule has 0 aliphatic heterocycles. The van der Waals surface area contributed by atoms with E-state index in [1.807, 2.05) is 0 Å². The zero-order valence-corrected chi connectivity index (χ0v) is 13.0. The number of aromatic amines is 1. The van der Waals surface area contributed by atoms with Gasteiger partial charge in [-0.3, -0.25) is 19.9 Å². The number of rotatable bonds is 5. The molecule has 0 fully saturated rings. The van der Waals surface area contributed by atoms with Crippen LogP contribution >= 0.6 is 0 Å². The number of furan rings is 1. The van der Waals surface area contributed by atoms with Crippen molar-refractivity contribution >= 4 is 17.9 Å². The van der Waals surface area contributed by atoms with Crippen molar-refractivity contribution in [2.45, 2.75) is 6.92 Å². The SMILES string of the molecule is Cc1nnc(N/N=C\c2ccc(-c3cccc([N+](=O)[O-])c3)o2)[nH]c1=O. The van der Waals surface area contributed by atoms with Gasteiger partial charge in [0, 0.05) is 17.7 Å². The second kappa shape index (κ2) is 6.74. The number of non-ortho nitro benzene ring substituents is 1. The van der Waals surface area contributed by atoms with Gasteiger partial charge in [0.05, 0.1) is 11.1 Å². The first kappa shape index (κ1) is 16.1. The zero-order chi connectivity index (χ0) is 17.8. The van der Waals surface area contributed by atoms with Crippen molar-refractivity contribution in [3.63, 3.8) is 0 Å². The summed E-state index contributed by atoms with van der Waals surface area (Å²) in [6, 6.07) is 9.44. The van der Waals surface area contributed by atoms with Crippen LogP contribution in [0.15, 0.2) is 50.7 Å². The van der Waals surface area contributed by atoms with Crippen molar-refractivity contribution in [2.75, 3.05) is 5.43 Å². The summed E-state index contributed by atoms with van der Waals surface area (Å²) in [5.41, 5.74) is 2.97. The van der Waals surface area contributed by atoms with Crippen LogP contribution in [0.2, 0.25) is 0 Å².